The standard InChI is InChI=1S/C12H20ClN3O2S/c1-16(8-12(17)15-5-6-18-2)9(7-14)10-3-4-11(13)19-10/h3-4,9H,5-8,14H2,1-2H3,(H,15,17). The van der Waals surface area contributed by atoms with E-state index in [9.17, 15) is 4.79 Å². The van der Waals surface area contributed by atoms with Gasteiger partial charge in [-0.3, -0.25) is 9.69 Å². The van der Waals surface area contributed by atoms with Gasteiger partial charge in [-0.2, -0.15) is 0 Å². The number of carbonyl (C=O) groups is 1. The van der Waals surface area contributed by atoms with Crippen molar-refractivity contribution in [1.82, 2.24) is 10.2 Å². The van der Waals surface area contributed by atoms with Gasteiger partial charge in [-0.1, -0.05) is 11.6 Å². The molecule has 0 saturated heterocycles. The lowest BCUT2D eigenvalue weighted by atomic mass is 10.2. The van der Waals surface area contributed by atoms with Crippen molar-refractivity contribution in [3.05, 3.63) is 21.3 Å². The molecular weight excluding hydrogens is 286 g/mol. The zero-order valence-corrected chi connectivity index (χ0v) is 12.8. The highest BCUT2D eigenvalue weighted by molar-refractivity contribution is 7.16. The molecule has 1 heterocycles. The third kappa shape index (κ3) is 5.46. The first-order valence-electron chi connectivity index (χ1n) is 5.99. The van der Waals surface area contributed by atoms with Crippen LogP contribution >= 0.6 is 22.9 Å². The van der Waals surface area contributed by atoms with E-state index in [1.54, 1.807) is 7.11 Å². The van der Waals surface area contributed by atoms with Crippen molar-refractivity contribution >= 4 is 28.8 Å². The Morgan fingerprint density at radius 3 is 2.89 bits per heavy atom. The first-order valence-corrected chi connectivity index (χ1v) is 7.19. The molecule has 0 fully saturated rings. The SMILES string of the molecule is COCCNC(=O)CN(C)C(CN)c1ccc(Cl)s1. The molecule has 1 aromatic rings. The summed E-state index contributed by atoms with van der Waals surface area (Å²) in [6.45, 7) is 1.76. The second-order valence-corrected chi connectivity index (χ2v) is 5.90. The van der Waals surface area contributed by atoms with Crippen LogP contribution in [0.2, 0.25) is 4.34 Å². The summed E-state index contributed by atoms with van der Waals surface area (Å²) < 4.78 is 5.60. The van der Waals surface area contributed by atoms with E-state index in [1.165, 1.54) is 11.3 Å². The number of hydrogen-bond donors (Lipinski definition) is 2. The van der Waals surface area contributed by atoms with Crippen molar-refractivity contribution in [2.45, 2.75) is 6.04 Å². The molecule has 5 nitrogen and oxygen atoms in total. The Kier molecular flexibility index (Phi) is 7.33. The molecule has 0 spiro atoms. The number of rotatable bonds is 8. The molecule has 1 rings (SSSR count). The van der Waals surface area contributed by atoms with Crippen LogP contribution < -0.4 is 11.1 Å². The molecule has 1 atom stereocenters. The number of ether oxygens (including phenoxy) is 1. The van der Waals surface area contributed by atoms with Crippen molar-refractivity contribution in [3.63, 3.8) is 0 Å². The maximum Gasteiger partial charge on any atom is 0.234 e. The van der Waals surface area contributed by atoms with Crippen LogP contribution in [0.3, 0.4) is 0 Å². The summed E-state index contributed by atoms with van der Waals surface area (Å²) >= 11 is 7.41. The van der Waals surface area contributed by atoms with Gasteiger partial charge in [0.15, 0.2) is 0 Å². The number of methoxy groups -OCH3 is 1. The summed E-state index contributed by atoms with van der Waals surface area (Å²) in [6, 6.07) is 3.80. The average Bonchev–Trinajstić information content (AvgIpc) is 2.77. The summed E-state index contributed by atoms with van der Waals surface area (Å²) in [6.07, 6.45) is 0. The van der Waals surface area contributed by atoms with Crippen LogP contribution in [0.5, 0.6) is 0 Å². The van der Waals surface area contributed by atoms with Gasteiger partial charge in [0.25, 0.3) is 0 Å². The highest BCUT2D eigenvalue weighted by Crippen LogP contribution is 2.29. The topological polar surface area (TPSA) is 67.6 Å². The molecule has 0 aliphatic rings. The summed E-state index contributed by atoms with van der Waals surface area (Å²) in [5.41, 5.74) is 5.78. The largest absolute Gasteiger partial charge is 0.383 e. The van der Waals surface area contributed by atoms with Crippen molar-refractivity contribution in [2.75, 3.05) is 40.4 Å². The Hall–Kier alpha value is -0.660. The molecule has 0 bridgehead atoms. The van der Waals surface area contributed by atoms with Gasteiger partial charge < -0.3 is 15.8 Å². The van der Waals surface area contributed by atoms with Crippen LogP contribution in [-0.4, -0.2) is 51.2 Å². The molecule has 0 aliphatic heterocycles. The van der Waals surface area contributed by atoms with Crippen molar-refractivity contribution in [1.29, 1.82) is 0 Å². The number of nitrogens with zero attached hydrogens (tertiary/aromatic N) is 1. The average molecular weight is 306 g/mol. The molecule has 0 radical (unpaired) electrons. The summed E-state index contributed by atoms with van der Waals surface area (Å²) in [4.78, 5) is 14.7. The zero-order chi connectivity index (χ0) is 14.3. The van der Waals surface area contributed by atoms with Gasteiger partial charge in [-0.25, -0.2) is 0 Å². The predicted molar refractivity (Wildman–Crippen MR) is 78.6 cm³/mol. The van der Waals surface area contributed by atoms with Gasteiger partial charge in [0, 0.05) is 25.1 Å². The Bertz CT molecular complexity index is 400. The van der Waals surface area contributed by atoms with E-state index in [0.717, 1.165) is 9.21 Å². The Morgan fingerprint density at radius 1 is 1.63 bits per heavy atom. The van der Waals surface area contributed by atoms with E-state index in [4.69, 9.17) is 22.1 Å². The second-order valence-electron chi connectivity index (χ2n) is 4.15. The van der Waals surface area contributed by atoms with Crippen LogP contribution in [0.4, 0.5) is 0 Å². The minimum absolute atomic E-state index is 0.00525. The quantitative estimate of drug-likeness (QED) is 0.706. The number of nitrogens with two attached hydrogens (primary N) is 1. The lowest BCUT2D eigenvalue weighted by molar-refractivity contribution is -0.122. The van der Waals surface area contributed by atoms with E-state index in [1.807, 2.05) is 24.1 Å². The Morgan fingerprint density at radius 2 is 2.37 bits per heavy atom. The predicted octanol–water partition coefficient (Wildman–Crippen LogP) is 1.10. The number of halogens is 1. The van der Waals surface area contributed by atoms with Crippen LogP contribution in [0.25, 0.3) is 0 Å². The van der Waals surface area contributed by atoms with Gasteiger partial charge >= 0.3 is 0 Å². The van der Waals surface area contributed by atoms with Crippen LogP contribution in [0.1, 0.15) is 10.9 Å². The van der Waals surface area contributed by atoms with E-state index in [-0.39, 0.29) is 11.9 Å². The third-order valence-electron chi connectivity index (χ3n) is 2.70. The molecular formula is C12H20ClN3O2S. The number of hydrogen-bond acceptors (Lipinski definition) is 5. The molecule has 7 heteroatoms. The monoisotopic (exact) mass is 305 g/mol. The van der Waals surface area contributed by atoms with Crippen molar-refractivity contribution < 1.29 is 9.53 Å². The fraction of sp³-hybridized carbons (Fsp3) is 0.583. The second kappa shape index (κ2) is 8.50. The lowest BCUT2D eigenvalue weighted by Crippen LogP contribution is -2.40. The summed E-state index contributed by atoms with van der Waals surface area (Å²) in [5.74, 6) is -0.0411. The number of thiophene rings is 1. The number of nitrogens with one attached hydrogen (secondary N) is 1. The first kappa shape index (κ1) is 16.4. The highest BCUT2D eigenvalue weighted by atomic mass is 35.5. The van der Waals surface area contributed by atoms with Gasteiger partial charge in [-0.05, 0) is 19.2 Å². The highest BCUT2D eigenvalue weighted by Gasteiger charge is 2.19. The molecule has 1 aromatic heterocycles. The number of likely N-dealkylation sites (N-methyl/N-ethyl adjacent to an activating group) is 1. The fourth-order valence-corrected chi connectivity index (χ4v) is 2.95. The molecule has 0 saturated carbocycles. The van der Waals surface area contributed by atoms with Crippen LogP contribution in [0.15, 0.2) is 12.1 Å². The lowest BCUT2D eigenvalue weighted by Gasteiger charge is -2.25. The van der Waals surface area contributed by atoms with Crippen LogP contribution in [-0.2, 0) is 9.53 Å². The van der Waals surface area contributed by atoms with Crippen LogP contribution in [0, 0.1) is 0 Å². The minimum atomic E-state index is -0.0411. The van der Waals surface area contributed by atoms with Crippen molar-refractivity contribution in [2.24, 2.45) is 5.73 Å². The molecule has 3 N–H and O–H groups in total. The van der Waals surface area contributed by atoms with Gasteiger partial charge in [0.1, 0.15) is 0 Å². The van der Waals surface area contributed by atoms with Crippen molar-refractivity contribution in [3.8, 4) is 0 Å². The summed E-state index contributed by atoms with van der Waals surface area (Å²) in [7, 11) is 3.48. The summed E-state index contributed by atoms with van der Waals surface area (Å²) in [5, 5.41) is 2.78. The van der Waals surface area contributed by atoms with Gasteiger partial charge in [0.05, 0.1) is 23.5 Å². The molecule has 108 valence electrons. The normalized spacial score (nSPS) is 12.7. The molecule has 0 aromatic carbocycles. The van der Waals surface area contributed by atoms with E-state index < -0.39 is 0 Å². The van der Waals surface area contributed by atoms with E-state index >= 15 is 0 Å². The van der Waals surface area contributed by atoms with E-state index in [0.29, 0.717) is 26.2 Å². The van der Waals surface area contributed by atoms with Gasteiger partial charge in [-0.15, -0.1) is 11.3 Å². The number of amides is 1. The maximum absolute atomic E-state index is 11.7. The fourth-order valence-electron chi connectivity index (χ4n) is 1.71. The van der Waals surface area contributed by atoms with E-state index in [2.05, 4.69) is 5.32 Å². The Labute approximate surface area is 122 Å². The Balaban J connectivity index is 2.50. The third-order valence-corrected chi connectivity index (χ3v) is 4.03. The zero-order valence-electron chi connectivity index (χ0n) is 11.2. The minimum Gasteiger partial charge on any atom is -0.383 e. The maximum atomic E-state index is 11.7. The smallest absolute Gasteiger partial charge is 0.234 e. The molecule has 1 unspecified atom stereocenters. The molecule has 0 aliphatic carbocycles. The van der Waals surface area contributed by atoms with Gasteiger partial charge in [0.2, 0.25) is 5.91 Å². The number of carbonyl (C=O) groups excluding carboxylic acids is 1. The molecule has 1 amide bonds. The first-order chi connectivity index (χ1) is 9.08. The molecule has 19 heavy (non-hydrogen) atoms.